The van der Waals surface area contributed by atoms with Gasteiger partial charge in [0.05, 0.1) is 11.1 Å². The summed E-state index contributed by atoms with van der Waals surface area (Å²) < 4.78 is 6.15. The molecule has 0 atom stereocenters. The fourth-order valence-corrected chi connectivity index (χ4v) is 4.92. The van der Waals surface area contributed by atoms with E-state index in [0.29, 0.717) is 29.1 Å². The highest BCUT2D eigenvalue weighted by atomic mass is 16.5. The Labute approximate surface area is 189 Å². The number of nitrogens with zero attached hydrogens (tertiary/aromatic N) is 3. The van der Waals surface area contributed by atoms with Crippen LogP contribution in [-0.4, -0.2) is 32.4 Å². The number of carbonyl (C=O) groups is 1. The van der Waals surface area contributed by atoms with E-state index in [9.17, 15) is 9.90 Å². The van der Waals surface area contributed by atoms with Crippen LogP contribution in [0.25, 0.3) is 0 Å². The van der Waals surface area contributed by atoms with Crippen LogP contribution < -0.4 is 10.5 Å². The molecule has 0 amide bonds. The van der Waals surface area contributed by atoms with Crippen LogP contribution in [0.5, 0.6) is 5.88 Å². The second-order valence-electron chi connectivity index (χ2n) is 10.1. The Morgan fingerprint density at radius 2 is 1.75 bits per heavy atom. The highest BCUT2D eigenvalue weighted by molar-refractivity contribution is 6.09. The first-order valence-electron chi connectivity index (χ1n) is 11.2. The molecule has 0 bridgehead atoms. The van der Waals surface area contributed by atoms with Crippen LogP contribution in [-0.2, 0) is 4.79 Å². The quantitative estimate of drug-likeness (QED) is 0.694. The number of benzene rings is 1. The summed E-state index contributed by atoms with van der Waals surface area (Å²) >= 11 is 0. The largest absolute Gasteiger partial charge is 0.481 e. The summed E-state index contributed by atoms with van der Waals surface area (Å²) in [5.41, 5.74) is 8.30. The van der Waals surface area contributed by atoms with Crippen molar-refractivity contribution in [2.75, 3.05) is 5.73 Å². The Morgan fingerprint density at radius 1 is 1.12 bits per heavy atom. The van der Waals surface area contributed by atoms with Gasteiger partial charge in [0.15, 0.2) is 11.5 Å². The van der Waals surface area contributed by atoms with Crippen molar-refractivity contribution in [3.63, 3.8) is 0 Å². The van der Waals surface area contributed by atoms with Crippen LogP contribution in [0.2, 0.25) is 0 Å². The first kappa shape index (κ1) is 22.2. The highest BCUT2D eigenvalue weighted by Crippen LogP contribution is 2.44. The van der Waals surface area contributed by atoms with Gasteiger partial charge in [0, 0.05) is 5.56 Å². The number of aliphatic imine (C=N–C) groups is 1. The molecule has 0 saturated heterocycles. The SMILES string of the molecule is Cc1nc(N)c2c(n1)OC(C)(C)C(c1ccc(C3CCC(C(C)(C)C(=O)O)CC3)cc1)=N2. The molecule has 1 aliphatic carbocycles. The monoisotopic (exact) mass is 436 g/mol. The number of hydrogen-bond acceptors (Lipinski definition) is 6. The zero-order chi connectivity index (χ0) is 23.3. The number of fused-ring (bicyclic) bond motifs is 1. The zero-order valence-electron chi connectivity index (χ0n) is 19.5. The van der Waals surface area contributed by atoms with Crippen molar-refractivity contribution < 1.29 is 14.6 Å². The van der Waals surface area contributed by atoms with E-state index in [1.165, 1.54) is 5.56 Å². The normalized spacial score (nSPS) is 22.5. The lowest BCUT2D eigenvalue weighted by molar-refractivity contribution is -0.150. The molecule has 2 heterocycles. The molecule has 1 aliphatic heterocycles. The van der Waals surface area contributed by atoms with Crippen molar-refractivity contribution >= 4 is 23.2 Å². The average molecular weight is 437 g/mol. The third-order valence-corrected chi connectivity index (χ3v) is 7.09. The molecule has 4 rings (SSSR count). The van der Waals surface area contributed by atoms with Crippen LogP contribution in [0, 0.1) is 18.3 Å². The summed E-state index contributed by atoms with van der Waals surface area (Å²) in [6, 6.07) is 8.49. The van der Waals surface area contributed by atoms with E-state index in [2.05, 4.69) is 34.2 Å². The van der Waals surface area contributed by atoms with Crippen molar-refractivity contribution in [2.45, 2.75) is 71.8 Å². The third kappa shape index (κ3) is 3.96. The molecule has 32 heavy (non-hydrogen) atoms. The molecule has 7 nitrogen and oxygen atoms in total. The van der Waals surface area contributed by atoms with E-state index in [0.717, 1.165) is 37.0 Å². The zero-order valence-corrected chi connectivity index (χ0v) is 19.5. The topological polar surface area (TPSA) is 111 Å². The van der Waals surface area contributed by atoms with Crippen molar-refractivity contribution in [2.24, 2.45) is 16.3 Å². The van der Waals surface area contributed by atoms with Gasteiger partial charge in [-0.2, -0.15) is 4.98 Å². The molecule has 2 aliphatic rings. The van der Waals surface area contributed by atoms with E-state index < -0.39 is 17.0 Å². The molecule has 0 unspecified atom stereocenters. The first-order chi connectivity index (χ1) is 15.0. The standard InChI is InChI=1S/C25H32N4O3/c1-14-27-21(26)19-22(28-14)32-25(4,5)20(29-19)17-8-6-15(7-9-17)16-10-12-18(13-11-16)24(2,3)23(30)31/h6-9,16,18H,10-13H2,1-5H3,(H,30,31)(H2,26,27,28). The number of aromatic nitrogens is 2. The Morgan fingerprint density at radius 3 is 2.34 bits per heavy atom. The number of carboxylic acid groups (broad SMARTS) is 1. The summed E-state index contributed by atoms with van der Waals surface area (Å²) in [7, 11) is 0. The average Bonchev–Trinajstić information content (AvgIpc) is 2.72. The van der Waals surface area contributed by atoms with Gasteiger partial charge in [0.25, 0.3) is 0 Å². The fraction of sp³-hybridized carbons (Fsp3) is 0.520. The van der Waals surface area contributed by atoms with Gasteiger partial charge in [0.2, 0.25) is 5.88 Å². The highest BCUT2D eigenvalue weighted by Gasteiger charge is 2.39. The Hall–Kier alpha value is -2.96. The lowest BCUT2D eigenvalue weighted by Crippen LogP contribution is -2.41. The molecule has 0 spiro atoms. The van der Waals surface area contributed by atoms with Gasteiger partial charge >= 0.3 is 5.97 Å². The second kappa shape index (κ2) is 7.87. The summed E-state index contributed by atoms with van der Waals surface area (Å²) in [5, 5.41) is 9.53. The van der Waals surface area contributed by atoms with Gasteiger partial charge in [-0.15, -0.1) is 0 Å². The summed E-state index contributed by atoms with van der Waals surface area (Å²) in [6.07, 6.45) is 3.90. The van der Waals surface area contributed by atoms with E-state index >= 15 is 0 Å². The van der Waals surface area contributed by atoms with Crippen LogP contribution >= 0.6 is 0 Å². The van der Waals surface area contributed by atoms with Gasteiger partial charge in [-0.1, -0.05) is 24.3 Å². The Bertz CT molecular complexity index is 1070. The van der Waals surface area contributed by atoms with Crippen molar-refractivity contribution in [1.82, 2.24) is 9.97 Å². The minimum atomic E-state index is -0.703. The fourth-order valence-electron chi connectivity index (χ4n) is 4.92. The van der Waals surface area contributed by atoms with Crippen LogP contribution in [0.4, 0.5) is 11.5 Å². The molecule has 1 aromatic heterocycles. The molecular formula is C25H32N4O3. The number of nitrogen functional groups attached to an aromatic ring is 1. The van der Waals surface area contributed by atoms with Gasteiger partial charge < -0.3 is 15.6 Å². The van der Waals surface area contributed by atoms with E-state index in [1.807, 2.05) is 27.7 Å². The van der Waals surface area contributed by atoms with E-state index in [-0.39, 0.29) is 5.92 Å². The summed E-state index contributed by atoms with van der Waals surface area (Å²) in [5.74, 6) is 1.27. The van der Waals surface area contributed by atoms with Crippen molar-refractivity contribution in [3.8, 4) is 5.88 Å². The van der Waals surface area contributed by atoms with Gasteiger partial charge in [-0.05, 0) is 77.7 Å². The number of nitrogens with two attached hydrogens (primary N) is 1. The van der Waals surface area contributed by atoms with Crippen molar-refractivity contribution in [3.05, 3.63) is 41.2 Å². The number of rotatable bonds is 4. The number of hydrogen-bond donors (Lipinski definition) is 2. The van der Waals surface area contributed by atoms with E-state index in [4.69, 9.17) is 15.5 Å². The molecule has 2 aromatic rings. The molecule has 170 valence electrons. The molecular weight excluding hydrogens is 404 g/mol. The predicted molar refractivity (Wildman–Crippen MR) is 125 cm³/mol. The van der Waals surface area contributed by atoms with Crippen molar-refractivity contribution in [1.29, 1.82) is 0 Å². The molecule has 7 heteroatoms. The van der Waals surface area contributed by atoms with E-state index in [1.54, 1.807) is 6.92 Å². The van der Waals surface area contributed by atoms with Crippen LogP contribution in [0.1, 0.15) is 76.2 Å². The molecule has 1 aromatic carbocycles. The molecule has 3 N–H and O–H groups in total. The van der Waals surface area contributed by atoms with Crippen LogP contribution in [0.3, 0.4) is 0 Å². The Kier molecular flexibility index (Phi) is 5.47. The summed E-state index contributed by atoms with van der Waals surface area (Å²) in [4.78, 5) is 24.9. The minimum absolute atomic E-state index is 0.224. The maximum atomic E-state index is 11.6. The van der Waals surface area contributed by atoms with Gasteiger partial charge in [-0.3, -0.25) is 4.79 Å². The first-order valence-corrected chi connectivity index (χ1v) is 11.2. The Balaban J connectivity index is 1.54. The minimum Gasteiger partial charge on any atom is -0.481 e. The maximum absolute atomic E-state index is 11.6. The van der Waals surface area contributed by atoms with Gasteiger partial charge in [-0.25, -0.2) is 9.98 Å². The molecule has 0 radical (unpaired) electrons. The smallest absolute Gasteiger partial charge is 0.309 e. The third-order valence-electron chi connectivity index (χ3n) is 7.09. The van der Waals surface area contributed by atoms with Gasteiger partial charge in [0.1, 0.15) is 11.4 Å². The molecule has 1 fully saturated rings. The number of ether oxygens (including phenoxy) is 1. The number of aliphatic carboxylic acids is 1. The second-order valence-corrected chi connectivity index (χ2v) is 10.1. The molecule has 1 saturated carbocycles. The number of aryl methyl sites for hydroxylation is 1. The number of anilines is 1. The summed E-state index contributed by atoms with van der Waals surface area (Å²) in [6.45, 7) is 9.42. The van der Waals surface area contributed by atoms with Crippen LogP contribution in [0.15, 0.2) is 29.3 Å². The number of carboxylic acids is 1. The lowest BCUT2D eigenvalue weighted by atomic mass is 9.67. The predicted octanol–water partition coefficient (Wildman–Crippen LogP) is 5.04. The lowest BCUT2D eigenvalue weighted by Gasteiger charge is -2.36. The maximum Gasteiger partial charge on any atom is 0.309 e.